The van der Waals surface area contributed by atoms with Crippen molar-refractivity contribution in [2.24, 2.45) is 5.92 Å². The highest BCUT2D eigenvalue weighted by atomic mass is 32.2. The van der Waals surface area contributed by atoms with E-state index in [1.54, 1.807) is 17.8 Å². The lowest BCUT2D eigenvalue weighted by molar-refractivity contribution is -0.119. The number of rotatable bonds is 4. The third-order valence-corrected chi connectivity index (χ3v) is 5.44. The predicted molar refractivity (Wildman–Crippen MR) is 88.5 cm³/mol. The number of carbonyl (C=O) groups excluding carboxylic acids is 1. The summed E-state index contributed by atoms with van der Waals surface area (Å²) in [5.74, 6) is 1.71. The standard InChI is InChI=1S/C16H21N3O2S/c1-3-8-21-12-6-4-11(5-7-12)15-14-10(2)18-19-16(14)17-13(20)9-22-15/h3-7,10,14-16,18-19H,1,8-9H2,2H3,(H,17,20). The van der Waals surface area contributed by atoms with Crippen LogP contribution in [0.1, 0.15) is 17.7 Å². The fourth-order valence-corrected chi connectivity index (χ4v) is 4.37. The highest BCUT2D eigenvalue weighted by molar-refractivity contribution is 8.00. The van der Waals surface area contributed by atoms with Crippen molar-refractivity contribution in [3.05, 3.63) is 42.5 Å². The molecule has 3 rings (SSSR count). The summed E-state index contributed by atoms with van der Waals surface area (Å²) in [4.78, 5) is 11.9. The van der Waals surface area contributed by atoms with Crippen LogP contribution in [0.15, 0.2) is 36.9 Å². The molecule has 118 valence electrons. The number of hydrazine groups is 1. The van der Waals surface area contributed by atoms with Crippen molar-refractivity contribution in [2.75, 3.05) is 12.4 Å². The molecule has 5 nitrogen and oxygen atoms in total. The Kier molecular flexibility index (Phi) is 4.71. The number of hydrogen-bond donors (Lipinski definition) is 3. The van der Waals surface area contributed by atoms with Crippen molar-refractivity contribution in [1.29, 1.82) is 0 Å². The third-order valence-electron chi connectivity index (χ3n) is 4.07. The molecule has 2 aliphatic heterocycles. The van der Waals surface area contributed by atoms with Crippen LogP contribution in [0.2, 0.25) is 0 Å². The molecule has 3 N–H and O–H groups in total. The zero-order chi connectivity index (χ0) is 15.5. The molecule has 1 aromatic carbocycles. The summed E-state index contributed by atoms with van der Waals surface area (Å²) in [7, 11) is 0. The number of hydrogen-bond acceptors (Lipinski definition) is 5. The third kappa shape index (κ3) is 3.14. The number of thioether (sulfide) groups is 1. The fraction of sp³-hybridized carbons (Fsp3) is 0.438. The van der Waals surface area contributed by atoms with Crippen LogP contribution in [0.4, 0.5) is 0 Å². The molecule has 4 atom stereocenters. The molecule has 2 heterocycles. The Morgan fingerprint density at radius 2 is 2.14 bits per heavy atom. The Bertz CT molecular complexity index is 549. The number of fused-ring (bicyclic) bond motifs is 1. The van der Waals surface area contributed by atoms with Crippen LogP contribution in [-0.4, -0.2) is 30.5 Å². The van der Waals surface area contributed by atoms with Crippen LogP contribution in [0.3, 0.4) is 0 Å². The monoisotopic (exact) mass is 319 g/mol. The smallest absolute Gasteiger partial charge is 0.231 e. The highest BCUT2D eigenvalue weighted by Crippen LogP contribution is 2.42. The van der Waals surface area contributed by atoms with Gasteiger partial charge in [-0.1, -0.05) is 24.8 Å². The molecule has 0 radical (unpaired) electrons. The zero-order valence-electron chi connectivity index (χ0n) is 12.5. The number of nitrogens with one attached hydrogen (secondary N) is 3. The minimum absolute atomic E-state index is 0.0285. The fourth-order valence-electron chi connectivity index (χ4n) is 2.99. The first-order valence-corrected chi connectivity index (χ1v) is 8.49. The molecule has 2 saturated heterocycles. The molecule has 0 aromatic heterocycles. The Hall–Kier alpha value is -1.50. The van der Waals surface area contributed by atoms with Gasteiger partial charge in [0.1, 0.15) is 12.4 Å². The van der Waals surface area contributed by atoms with Gasteiger partial charge in [-0.25, -0.2) is 5.43 Å². The van der Waals surface area contributed by atoms with Crippen molar-refractivity contribution < 1.29 is 9.53 Å². The first-order valence-electron chi connectivity index (χ1n) is 7.44. The molecule has 1 aromatic rings. The van der Waals surface area contributed by atoms with E-state index in [1.807, 2.05) is 12.1 Å². The Morgan fingerprint density at radius 3 is 2.86 bits per heavy atom. The van der Waals surface area contributed by atoms with E-state index < -0.39 is 0 Å². The summed E-state index contributed by atoms with van der Waals surface area (Å²) in [5, 5.41) is 3.30. The van der Waals surface area contributed by atoms with Gasteiger partial charge in [0, 0.05) is 17.2 Å². The zero-order valence-corrected chi connectivity index (χ0v) is 13.4. The Morgan fingerprint density at radius 1 is 1.36 bits per heavy atom. The van der Waals surface area contributed by atoms with Gasteiger partial charge < -0.3 is 10.1 Å². The average Bonchev–Trinajstić information content (AvgIpc) is 2.78. The van der Waals surface area contributed by atoms with Crippen molar-refractivity contribution in [3.63, 3.8) is 0 Å². The first kappa shape index (κ1) is 15.4. The van der Waals surface area contributed by atoms with E-state index in [9.17, 15) is 4.79 Å². The normalized spacial score (nSPS) is 31.0. The maximum Gasteiger partial charge on any atom is 0.231 e. The summed E-state index contributed by atoms with van der Waals surface area (Å²) < 4.78 is 5.53. The van der Waals surface area contributed by atoms with E-state index in [0.29, 0.717) is 18.3 Å². The molecular formula is C16H21N3O2S. The van der Waals surface area contributed by atoms with E-state index in [1.165, 1.54) is 5.56 Å². The molecule has 4 unspecified atom stereocenters. The molecule has 6 heteroatoms. The van der Waals surface area contributed by atoms with Crippen molar-refractivity contribution in [3.8, 4) is 5.75 Å². The topological polar surface area (TPSA) is 62.4 Å². The summed E-state index contributed by atoms with van der Waals surface area (Å²) in [6, 6.07) is 8.43. The van der Waals surface area contributed by atoms with Crippen LogP contribution >= 0.6 is 11.8 Å². The quantitative estimate of drug-likeness (QED) is 0.736. The second-order valence-corrected chi connectivity index (χ2v) is 6.73. The number of benzene rings is 1. The number of amides is 1. The maximum absolute atomic E-state index is 11.9. The van der Waals surface area contributed by atoms with Crippen LogP contribution in [0.25, 0.3) is 0 Å². The largest absolute Gasteiger partial charge is 0.490 e. The van der Waals surface area contributed by atoms with Crippen LogP contribution < -0.4 is 20.9 Å². The first-order chi connectivity index (χ1) is 10.7. The summed E-state index contributed by atoms with van der Waals surface area (Å²) >= 11 is 1.70. The van der Waals surface area contributed by atoms with Crippen LogP contribution in [-0.2, 0) is 4.79 Å². The van der Waals surface area contributed by atoms with Crippen LogP contribution in [0.5, 0.6) is 5.75 Å². The highest BCUT2D eigenvalue weighted by Gasteiger charge is 2.42. The SMILES string of the molecule is C=CCOc1ccc(C2SCC(=O)NC3NNC(C)C32)cc1. The lowest BCUT2D eigenvalue weighted by atomic mass is 9.91. The second-order valence-electron chi connectivity index (χ2n) is 5.60. The van der Waals surface area contributed by atoms with Gasteiger partial charge in [0.2, 0.25) is 5.91 Å². The van der Waals surface area contributed by atoms with E-state index >= 15 is 0 Å². The summed E-state index contributed by atoms with van der Waals surface area (Å²) in [5.41, 5.74) is 7.64. The van der Waals surface area contributed by atoms with Crippen molar-refractivity contribution in [1.82, 2.24) is 16.2 Å². The summed E-state index contributed by atoms with van der Waals surface area (Å²) in [6.45, 7) is 6.30. The molecule has 0 bridgehead atoms. The molecule has 0 saturated carbocycles. The lowest BCUT2D eigenvalue weighted by Crippen LogP contribution is -2.46. The van der Waals surface area contributed by atoms with Gasteiger partial charge in [0.15, 0.2) is 0 Å². The van der Waals surface area contributed by atoms with Crippen molar-refractivity contribution in [2.45, 2.75) is 24.4 Å². The maximum atomic E-state index is 11.9. The molecule has 1 amide bonds. The Balaban J connectivity index is 1.81. The van der Waals surface area contributed by atoms with Gasteiger partial charge in [-0.3, -0.25) is 10.2 Å². The van der Waals surface area contributed by atoms with Crippen molar-refractivity contribution >= 4 is 17.7 Å². The van der Waals surface area contributed by atoms with Gasteiger partial charge >= 0.3 is 0 Å². The molecule has 0 aliphatic carbocycles. The van der Waals surface area contributed by atoms with Gasteiger partial charge in [-0.05, 0) is 24.6 Å². The molecule has 0 spiro atoms. The Labute approximate surface area is 134 Å². The minimum atomic E-state index is -0.0285. The van der Waals surface area contributed by atoms with Crippen LogP contribution in [0, 0.1) is 5.92 Å². The minimum Gasteiger partial charge on any atom is -0.490 e. The summed E-state index contributed by atoms with van der Waals surface area (Å²) in [6.07, 6.45) is 1.70. The molecule has 22 heavy (non-hydrogen) atoms. The van der Waals surface area contributed by atoms with Gasteiger partial charge in [-0.15, -0.1) is 11.8 Å². The molecular weight excluding hydrogens is 298 g/mol. The van der Waals surface area contributed by atoms with Gasteiger partial charge in [0.05, 0.1) is 11.9 Å². The van der Waals surface area contributed by atoms with Gasteiger partial charge in [0.25, 0.3) is 0 Å². The van der Waals surface area contributed by atoms with E-state index in [4.69, 9.17) is 4.74 Å². The second kappa shape index (κ2) is 6.73. The predicted octanol–water partition coefficient (Wildman–Crippen LogP) is 1.59. The lowest BCUT2D eigenvalue weighted by Gasteiger charge is -2.27. The number of carbonyl (C=O) groups is 1. The van der Waals surface area contributed by atoms with E-state index in [0.717, 1.165) is 5.75 Å². The average molecular weight is 319 g/mol. The van der Waals surface area contributed by atoms with E-state index in [2.05, 4.69) is 41.8 Å². The molecule has 2 fully saturated rings. The number of ether oxygens (including phenoxy) is 1. The van der Waals surface area contributed by atoms with E-state index in [-0.39, 0.29) is 23.4 Å². The van der Waals surface area contributed by atoms with Gasteiger partial charge in [-0.2, -0.15) is 0 Å². The molecule has 2 aliphatic rings.